The molecule has 0 amide bonds. The Morgan fingerprint density at radius 1 is 0.800 bits per heavy atom. The van der Waals surface area contributed by atoms with Crippen molar-refractivity contribution in [1.29, 1.82) is 0 Å². The molecule has 0 spiro atoms. The van der Waals surface area contributed by atoms with Gasteiger partial charge >= 0.3 is 0 Å². The Balaban J connectivity index is 2.31. The SMILES string of the molecule is C[C@H](O)COc1ccc(OC[C@H](C)O)c2ccccc12. The fraction of sp³-hybridized carbons (Fsp3) is 0.375. The summed E-state index contributed by atoms with van der Waals surface area (Å²) in [6.45, 7) is 3.86. The van der Waals surface area contributed by atoms with Gasteiger partial charge in [-0.05, 0) is 26.0 Å². The van der Waals surface area contributed by atoms with E-state index in [0.29, 0.717) is 11.5 Å². The van der Waals surface area contributed by atoms with Gasteiger partial charge < -0.3 is 19.7 Å². The molecule has 2 atom stereocenters. The predicted molar refractivity (Wildman–Crippen MR) is 78.3 cm³/mol. The Kier molecular flexibility index (Phi) is 4.82. The molecule has 0 aliphatic carbocycles. The molecule has 0 heterocycles. The lowest BCUT2D eigenvalue weighted by molar-refractivity contribution is 0.122. The molecule has 0 aromatic heterocycles. The van der Waals surface area contributed by atoms with Gasteiger partial charge in [0.2, 0.25) is 0 Å². The second-order valence-electron chi connectivity index (χ2n) is 4.93. The van der Waals surface area contributed by atoms with Crippen LogP contribution in [0.2, 0.25) is 0 Å². The number of aliphatic hydroxyl groups is 2. The lowest BCUT2D eigenvalue weighted by atomic mass is 10.1. The Morgan fingerprint density at radius 2 is 1.20 bits per heavy atom. The van der Waals surface area contributed by atoms with E-state index in [1.54, 1.807) is 13.8 Å². The third-order valence-corrected chi connectivity index (χ3v) is 2.80. The Bertz CT molecular complexity index is 513. The van der Waals surface area contributed by atoms with E-state index in [-0.39, 0.29) is 13.2 Å². The van der Waals surface area contributed by atoms with Crippen LogP contribution in [0.25, 0.3) is 10.8 Å². The van der Waals surface area contributed by atoms with E-state index >= 15 is 0 Å². The highest BCUT2D eigenvalue weighted by molar-refractivity contribution is 5.93. The highest BCUT2D eigenvalue weighted by Gasteiger charge is 2.09. The van der Waals surface area contributed by atoms with Crippen LogP contribution in [0, 0.1) is 0 Å². The number of hydrogen-bond acceptors (Lipinski definition) is 4. The van der Waals surface area contributed by atoms with Gasteiger partial charge in [0.25, 0.3) is 0 Å². The van der Waals surface area contributed by atoms with E-state index in [0.717, 1.165) is 10.8 Å². The maximum atomic E-state index is 9.31. The van der Waals surface area contributed by atoms with Gasteiger partial charge in [0, 0.05) is 10.8 Å². The van der Waals surface area contributed by atoms with Crippen molar-refractivity contribution < 1.29 is 19.7 Å². The first-order valence-electron chi connectivity index (χ1n) is 6.71. The van der Waals surface area contributed by atoms with Gasteiger partial charge in [-0.25, -0.2) is 0 Å². The van der Waals surface area contributed by atoms with Crippen molar-refractivity contribution in [2.75, 3.05) is 13.2 Å². The van der Waals surface area contributed by atoms with Gasteiger partial charge in [0.05, 0.1) is 12.2 Å². The summed E-state index contributed by atoms with van der Waals surface area (Å²) in [4.78, 5) is 0. The van der Waals surface area contributed by atoms with E-state index in [4.69, 9.17) is 9.47 Å². The van der Waals surface area contributed by atoms with Crippen molar-refractivity contribution in [3.8, 4) is 11.5 Å². The molecule has 0 unspecified atom stereocenters. The van der Waals surface area contributed by atoms with Crippen molar-refractivity contribution in [1.82, 2.24) is 0 Å². The summed E-state index contributed by atoms with van der Waals surface area (Å²) in [5.74, 6) is 1.43. The Hall–Kier alpha value is -1.78. The van der Waals surface area contributed by atoms with E-state index in [2.05, 4.69) is 0 Å². The summed E-state index contributed by atoms with van der Waals surface area (Å²) in [6.07, 6.45) is -1.03. The molecular weight excluding hydrogens is 256 g/mol. The van der Waals surface area contributed by atoms with Crippen LogP contribution in [-0.2, 0) is 0 Å². The first kappa shape index (κ1) is 14.6. The van der Waals surface area contributed by atoms with Crippen molar-refractivity contribution in [2.24, 2.45) is 0 Å². The molecule has 0 aliphatic heterocycles. The fourth-order valence-electron chi connectivity index (χ4n) is 1.92. The zero-order valence-corrected chi connectivity index (χ0v) is 11.7. The summed E-state index contributed by atoms with van der Waals surface area (Å²) in [7, 11) is 0. The number of aliphatic hydroxyl groups excluding tert-OH is 2. The molecule has 2 aromatic carbocycles. The van der Waals surface area contributed by atoms with Crippen LogP contribution < -0.4 is 9.47 Å². The molecule has 0 fully saturated rings. The van der Waals surface area contributed by atoms with Crippen LogP contribution in [-0.4, -0.2) is 35.6 Å². The van der Waals surface area contributed by atoms with Crippen LogP contribution in [0.1, 0.15) is 13.8 Å². The third-order valence-electron chi connectivity index (χ3n) is 2.80. The molecule has 2 N–H and O–H groups in total. The predicted octanol–water partition coefficient (Wildman–Crippen LogP) is 2.36. The molecule has 0 radical (unpaired) electrons. The lowest BCUT2D eigenvalue weighted by Crippen LogP contribution is -2.14. The smallest absolute Gasteiger partial charge is 0.127 e. The number of fused-ring (bicyclic) bond motifs is 1. The largest absolute Gasteiger partial charge is 0.490 e. The van der Waals surface area contributed by atoms with E-state index in [9.17, 15) is 10.2 Å². The van der Waals surface area contributed by atoms with Crippen LogP contribution in [0.3, 0.4) is 0 Å². The molecule has 0 bridgehead atoms. The molecule has 4 nitrogen and oxygen atoms in total. The van der Waals surface area contributed by atoms with E-state index < -0.39 is 12.2 Å². The normalized spacial score (nSPS) is 14.0. The zero-order chi connectivity index (χ0) is 14.5. The monoisotopic (exact) mass is 276 g/mol. The number of hydrogen-bond donors (Lipinski definition) is 2. The van der Waals surface area contributed by atoms with E-state index in [1.807, 2.05) is 36.4 Å². The molecule has 2 aromatic rings. The molecule has 0 aliphatic rings. The molecule has 0 saturated heterocycles. The van der Waals surface area contributed by atoms with Gasteiger partial charge in [0.1, 0.15) is 24.7 Å². The first-order chi connectivity index (χ1) is 9.58. The lowest BCUT2D eigenvalue weighted by Gasteiger charge is -2.15. The number of benzene rings is 2. The van der Waals surface area contributed by atoms with Gasteiger partial charge in [-0.2, -0.15) is 0 Å². The molecule has 20 heavy (non-hydrogen) atoms. The van der Waals surface area contributed by atoms with Gasteiger partial charge in [-0.15, -0.1) is 0 Å². The molecule has 4 heteroatoms. The minimum atomic E-state index is -0.514. The fourth-order valence-corrected chi connectivity index (χ4v) is 1.92. The zero-order valence-electron chi connectivity index (χ0n) is 11.7. The Labute approximate surface area is 118 Å². The van der Waals surface area contributed by atoms with Crippen molar-refractivity contribution in [2.45, 2.75) is 26.1 Å². The van der Waals surface area contributed by atoms with Gasteiger partial charge in [0.15, 0.2) is 0 Å². The maximum absolute atomic E-state index is 9.31. The van der Waals surface area contributed by atoms with Crippen molar-refractivity contribution in [3.63, 3.8) is 0 Å². The van der Waals surface area contributed by atoms with Crippen LogP contribution in [0.5, 0.6) is 11.5 Å². The summed E-state index contributed by atoms with van der Waals surface area (Å²) in [6, 6.07) is 11.4. The molecule has 0 saturated carbocycles. The third kappa shape index (κ3) is 3.62. The van der Waals surface area contributed by atoms with Crippen LogP contribution in [0.15, 0.2) is 36.4 Å². The Morgan fingerprint density at radius 3 is 1.55 bits per heavy atom. The van der Waals surface area contributed by atoms with Crippen LogP contribution in [0.4, 0.5) is 0 Å². The average Bonchev–Trinajstić information content (AvgIpc) is 2.43. The van der Waals surface area contributed by atoms with Crippen molar-refractivity contribution in [3.05, 3.63) is 36.4 Å². The molecular formula is C16H20O4. The quantitative estimate of drug-likeness (QED) is 0.850. The first-order valence-corrected chi connectivity index (χ1v) is 6.71. The summed E-state index contributed by atoms with van der Waals surface area (Å²) in [5.41, 5.74) is 0. The minimum absolute atomic E-state index is 0.248. The van der Waals surface area contributed by atoms with Gasteiger partial charge in [-0.1, -0.05) is 24.3 Å². The summed E-state index contributed by atoms with van der Waals surface area (Å²) in [5, 5.41) is 20.5. The summed E-state index contributed by atoms with van der Waals surface area (Å²) >= 11 is 0. The van der Waals surface area contributed by atoms with E-state index in [1.165, 1.54) is 0 Å². The van der Waals surface area contributed by atoms with Crippen LogP contribution >= 0.6 is 0 Å². The number of rotatable bonds is 6. The summed E-state index contributed by atoms with van der Waals surface area (Å²) < 4.78 is 11.2. The highest BCUT2D eigenvalue weighted by atomic mass is 16.5. The average molecular weight is 276 g/mol. The standard InChI is InChI=1S/C16H20O4/c1-11(17)9-19-15-7-8-16(20-10-12(2)18)14-6-4-3-5-13(14)15/h3-8,11-12,17-18H,9-10H2,1-2H3/t11-,12-/m0/s1. The van der Waals surface area contributed by atoms with Crippen molar-refractivity contribution >= 4 is 10.8 Å². The second kappa shape index (κ2) is 6.59. The molecule has 108 valence electrons. The molecule has 2 rings (SSSR count). The topological polar surface area (TPSA) is 58.9 Å². The second-order valence-corrected chi connectivity index (χ2v) is 4.93. The number of ether oxygens (including phenoxy) is 2. The highest BCUT2D eigenvalue weighted by Crippen LogP contribution is 2.33. The minimum Gasteiger partial charge on any atom is -0.490 e. The maximum Gasteiger partial charge on any atom is 0.127 e. The van der Waals surface area contributed by atoms with Gasteiger partial charge in [-0.3, -0.25) is 0 Å².